The smallest absolute Gasteiger partial charge is 0.317 e. The average molecular weight is 296 g/mol. The van der Waals surface area contributed by atoms with E-state index >= 15 is 0 Å². The number of carbonyl (C=O) groups is 2. The van der Waals surface area contributed by atoms with Gasteiger partial charge in [-0.15, -0.1) is 0 Å². The van der Waals surface area contributed by atoms with Gasteiger partial charge in [0.15, 0.2) is 0 Å². The van der Waals surface area contributed by atoms with Crippen LogP contribution in [-0.2, 0) is 11.3 Å². The van der Waals surface area contributed by atoms with Crippen LogP contribution in [0.15, 0.2) is 24.3 Å². The Morgan fingerprint density at radius 2 is 2.05 bits per heavy atom. The van der Waals surface area contributed by atoms with Crippen molar-refractivity contribution in [1.82, 2.24) is 10.2 Å². The molecular formula is C14H18ClN3O2. The average Bonchev–Trinajstić information content (AvgIpc) is 2.45. The fraction of sp³-hybridized carbons (Fsp3) is 0.429. The summed E-state index contributed by atoms with van der Waals surface area (Å²) in [5.41, 5.74) is 6.22. The van der Waals surface area contributed by atoms with Crippen molar-refractivity contribution in [1.29, 1.82) is 0 Å². The first-order chi connectivity index (χ1) is 9.56. The largest absolute Gasteiger partial charge is 0.369 e. The second-order valence-corrected chi connectivity index (χ2v) is 5.39. The Labute approximate surface area is 123 Å². The van der Waals surface area contributed by atoms with E-state index in [0.29, 0.717) is 37.5 Å². The van der Waals surface area contributed by atoms with Crippen molar-refractivity contribution in [3.05, 3.63) is 34.9 Å². The van der Waals surface area contributed by atoms with Crippen LogP contribution in [0.5, 0.6) is 0 Å². The van der Waals surface area contributed by atoms with E-state index in [4.69, 9.17) is 17.3 Å². The number of primary amides is 1. The zero-order valence-electron chi connectivity index (χ0n) is 11.1. The van der Waals surface area contributed by atoms with Crippen LogP contribution >= 0.6 is 11.6 Å². The minimum absolute atomic E-state index is 0.105. The summed E-state index contributed by atoms with van der Waals surface area (Å²) in [5, 5.41) is 3.50. The zero-order valence-corrected chi connectivity index (χ0v) is 11.9. The number of hydrogen-bond acceptors (Lipinski definition) is 2. The Balaban J connectivity index is 1.80. The van der Waals surface area contributed by atoms with E-state index in [1.54, 1.807) is 11.0 Å². The molecule has 0 aliphatic carbocycles. The number of urea groups is 1. The maximum Gasteiger partial charge on any atom is 0.317 e. The van der Waals surface area contributed by atoms with Crippen LogP contribution in [0.3, 0.4) is 0 Å². The number of likely N-dealkylation sites (tertiary alicyclic amines) is 1. The molecule has 0 bridgehead atoms. The van der Waals surface area contributed by atoms with Crippen molar-refractivity contribution in [2.45, 2.75) is 19.4 Å². The maximum absolute atomic E-state index is 12.0. The normalized spacial score (nSPS) is 15.9. The van der Waals surface area contributed by atoms with E-state index in [-0.39, 0.29) is 17.9 Å². The van der Waals surface area contributed by atoms with Gasteiger partial charge in [-0.2, -0.15) is 0 Å². The van der Waals surface area contributed by atoms with Crippen LogP contribution in [0.25, 0.3) is 0 Å². The number of nitrogens with one attached hydrogen (secondary N) is 1. The summed E-state index contributed by atoms with van der Waals surface area (Å²) in [5.74, 6) is -0.379. The number of rotatable bonds is 3. The predicted octanol–water partition coefficient (Wildman–Crippen LogP) is 1.75. The third kappa shape index (κ3) is 3.87. The quantitative estimate of drug-likeness (QED) is 0.891. The topological polar surface area (TPSA) is 75.4 Å². The molecule has 108 valence electrons. The van der Waals surface area contributed by atoms with Crippen LogP contribution in [-0.4, -0.2) is 29.9 Å². The molecule has 1 saturated heterocycles. The van der Waals surface area contributed by atoms with Crippen molar-refractivity contribution in [3.63, 3.8) is 0 Å². The highest BCUT2D eigenvalue weighted by molar-refractivity contribution is 6.30. The number of benzene rings is 1. The lowest BCUT2D eigenvalue weighted by atomic mass is 9.96. The molecule has 3 N–H and O–H groups in total. The van der Waals surface area contributed by atoms with E-state index < -0.39 is 0 Å². The molecule has 2 rings (SSSR count). The van der Waals surface area contributed by atoms with Gasteiger partial charge in [0.2, 0.25) is 5.91 Å². The number of amides is 3. The van der Waals surface area contributed by atoms with Gasteiger partial charge in [-0.25, -0.2) is 4.79 Å². The van der Waals surface area contributed by atoms with Crippen molar-refractivity contribution in [2.24, 2.45) is 11.7 Å². The minimum atomic E-state index is -0.274. The first-order valence-electron chi connectivity index (χ1n) is 6.63. The van der Waals surface area contributed by atoms with Crippen molar-refractivity contribution >= 4 is 23.5 Å². The molecule has 1 aromatic rings. The van der Waals surface area contributed by atoms with Crippen molar-refractivity contribution in [2.75, 3.05) is 13.1 Å². The lowest BCUT2D eigenvalue weighted by Gasteiger charge is -2.30. The Bertz CT molecular complexity index is 499. The minimum Gasteiger partial charge on any atom is -0.369 e. The SMILES string of the molecule is NC(=O)C1CCN(C(=O)NCc2cccc(Cl)c2)CC1. The third-order valence-corrected chi connectivity index (χ3v) is 3.75. The summed E-state index contributed by atoms with van der Waals surface area (Å²) in [6, 6.07) is 7.25. The van der Waals surface area contributed by atoms with E-state index in [9.17, 15) is 9.59 Å². The van der Waals surface area contributed by atoms with Gasteiger partial charge in [0.05, 0.1) is 0 Å². The van der Waals surface area contributed by atoms with Gasteiger partial charge in [0, 0.05) is 30.6 Å². The van der Waals surface area contributed by atoms with E-state index in [0.717, 1.165) is 5.56 Å². The summed E-state index contributed by atoms with van der Waals surface area (Å²) >= 11 is 5.89. The number of nitrogens with two attached hydrogens (primary N) is 1. The Morgan fingerprint density at radius 3 is 2.65 bits per heavy atom. The molecule has 6 heteroatoms. The molecule has 5 nitrogen and oxygen atoms in total. The molecule has 1 fully saturated rings. The number of nitrogens with zero attached hydrogens (tertiary/aromatic N) is 1. The van der Waals surface area contributed by atoms with Gasteiger partial charge in [0.1, 0.15) is 0 Å². The highest BCUT2D eigenvalue weighted by Gasteiger charge is 2.25. The second-order valence-electron chi connectivity index (χ2n) is 4.95. The van der Waals surface area contributed by atoms with Crippen LogP contribution in [0.2, 0.25) is 5.02 Å². The van der Waals surface area contributed by atoms with Crippen LogP contribution in [0.4, 0.5) is 4.79 Å². The van der Waals surface area contributed by atoms with Crippen LogP contribution < -0.4 is 11.1 Å². The van der Waals surface area contributed by atoms with Gasteiger partial charge in [0.25, 0.3) is 0 Å². The van der Waals surface area contributed by atoms with E-state index in [1.165, 1.54) is 0 Å². The predicted molar refractivity (Wildman–Crippen MR) is 77.2 cm³/mol. The summed E-state index contributed by atoms with van der Waals surface area (Å²) in [4.78, 5) is 24.8. The number of halogens is 1. The second kappa shape index (κ2) is 6.61. The van der Waals surface area contributed by atoms with Crippen LogP contribution in [0.1, 0.15) is 18.4 Å². The van der Waals surface area contributed by atoms with Gasteiger partial charge in [-0.1, -0.05) is 23.7 Å². The maximum atomic E-state index is 12.0. The number of piperidine rings is 1. The lowest BCUT2D eigenvalue weighted by molar-refractivity contribution is -0.123. The Kier molecular flexibility index (Phi) is 4.84. The van der Waals surface area contributed by atoms with E-state index in [2.05, 4.69) is 5.32 Å². The summed E-state index contributed by atoms with van der Waals surface area (Å²) < 4.78 is 0. The van der Waals surface area contributed by atoms with Crippen molar-refractivity contribution < 1.29 is 9.59 Å². The molecule has 0 unspecified atom stereocenters. The molecule has 0 atom stereocenters. The molecule has 0 radical (unpaired) electrons. The molecule has 0 saturated carbocycles. The lowest BCUT2D eigenvalue weighted by Crippen LogP contribution is -2.46. The zero-order chi connectivity index (χ0) is 14.5. The van der Waals surface area contributed by atoms with Crippen LogP contribution in [0, 0.1) is 5.92 Å². The van der Waals surface area contributed by atoms with Gasteiger partial charge >= 0.3 is 6.03 Å². The summed E-state index contributed by atoms with van der Waals surface area (Å²) in [6.07, 6.45) is 1.28. The summed E-state index contributed by atoms with van der Waals surface area (Å²) in [6.45, 7) is 1.57. The molecule has 1 aromatic carbocycles. The first-order valence-corrected chi connectivity index (χ1v) is 7.00. The number of hydrogen-bond donors (Lipinski definition) is 2. The monoisotopic (exact) mass is 295 g/mol. The molecular weight excluding hydrogens is 278 g/mol. The highest BCUT2D eigenvalue weighted by atomic mass is 35.5. The molecule has 0 aromatic heterocycles. The van der Waals surface area contributed by atoms with Gasteiger partial charge < -0.3 is 16.0 Å². The fourth-order valence-corrected chi connectivity index (χ4v) is 2.52. The molecule has 0 spiro atoms. The highest BCUT2D eigenvalue weighted by Crippen LogP contribution is 2.16. The first kappa shape index (κ1) is 14.7. The molecule has 3 amide bonds. The Hall–Kier alpha value is -1.75. The molecule has 1 aliphatic heterocycles. The third-order valence-electron chi connectivity index (χ3n) is 3.52. The standard InChI is InChI=1S/C14H18ClN3O2/c15-12-3-1-2-10(8-12)9-17-14(20)18-6-4-11(5-7-18)13(16)19/h1-3,8,11H,4-7,9H2,(H2,16,19)(H,17,20). The number of carbonyl (C=O) groups excluding carboxylic acids is 2. The van der Waals surface area contributed by atoms with Gasteiger partial charge in [-0.3, -0.25) is 4.79 Å². The van der Waals surface area contributed by atoms with Gasteiger partial charge in [-0.05, 0) is 30.5 Å². The van der Waals surface area contributed by atoms with Crippen molar-refractivity contribution in [3.8, 4) is 0 Å². The molecule has 20 heavy (non-hydrogen) atoms. The van der Waals surface area contributed by atoms with E-state index in [1.807, 2.05) is 18.2 Å². The molecule has 1 heterocycles. The fourth-order valence-electron chi connectivity index (χ4n) is 2.30. The summed E-state index contributed by atoms with van der Waals surface area (Å²) in [7, 11) is 0. The molecule has 1 aliphatic rings. The Morgan fingerprint density at radius 1 is 1.35 bits per heavy atom.